The minimum atomic E-state index is -0.150. The van der Waals surface area contributed by atoms with Crippen molar-refractivity contribution < 1.29 is 4.74 Å². The summed E-state index contributed by atoms with van der Waals surface area (Å²) in [6.45, 7) is 2.75. The summed E-state index contributed by atoms with van der Waals surface area (Å²) >= 11 is 6.18. The van der Waals surface area contributed by atoms with Crippen LogP contribution in [0.3, 0.4) is 0 Å². The van der Waals surface area contributed by atoms with Gasteiger partial charge in [-0.25, -0.2) is 0 Å². The van der Waals surface area contributed by atoms with Crippen molar-refractivity contribution >= 4 is 11.6 Å². The maximum absolute atomic E-state index is 6.31. The fraction of sp³-hybridized carbons (Fsp3) is 0.312. The smallest absolute Gasteiger partial charge is 0.125 e. The van der Waals surface area contributed by atoms with E-state index in [0.29, 0.717) is 6.42 Å². The van der Waals surface area contributed by atoms with Gasteiger partial charge < -0.3 is 10.5 Å². The maximum Gasteiger partial charge on any atom is 0.125 e. The number of hydrogen-bond acceptors (Lipinski definition) is 3. The molecule has 4 heteroatoms. The second-order valence-corrected chi connectivity index (χ2v) is 5.60. The maximum atomic E-state index is 6.31. The lowest BCUT2D eigenvalue weighted by Crippen LogP contribution is -2.16. The number of rotatable bonds is 3. The molecule has 0 aliphatic carbocycles. The first-order valence-corrected chi connectivity index (χ1v) is 7.14. The molecule has 0 saturated carbocycles. The average molecular weight is 289 g/mol. The lowest BCUT2D eigenvalue weighted by Gasteiger charge is -2.16. The average Bonchev–Trinajstić information content (AvgIpc) is 2.87. The summed E-state index contributed by atoms with van der Waals surface area (Å²) in [4.78, 5) is 4.39. The molecule has 2 aromatic rings. The molecule has 20 heavy (non-hydrogen) atoms. The van der Waals surface area contributed by atoms with Crippen molar-refractivity contribution in [2.45, 2.75) is 25.8 Å². The number of pyridine rings is 1. The van der Waals surface area contributed by atoms with E-state index in [1.54, 1.807) is 6.20 Å². The van der Waals surface area contributed by atoms with Gasteiger partial charge in [-0.2, -0.15) is 0 Å². The number of nitrogens with two attached hydrogens (primary N) is 1. The highest BCUT2D eigenvalue weighted by Gasteiger charge is 2.20. The molecule has 3 rings (SSSR count). The Morgan fingerprint density at radius 1 is 1.45 bits per heavy atom. The Bertz CT molecular complexity index is 642. The molecule has 1 atom stereocenters. The van der Waals surface area contributed by atoms with Crippen molar-refractivity contribution in [1.29, 1.82) is 0 Å². The van der Waals surface area contributed by atoms with Gasteiger partial charge in [0, 0.05) is 17.6 Å². The lowest BCUT2D eigenvalue weighted by atomic mass is 9.98. The number of halogens is 1. The second kappa shape index (κ2) is 5.43. The number of nitrogens with zero attached hydrogens (tertiary/aromatic N) is 1. The number of benzene rings is 1. The summed E-state index contributed by atoms with van der Waals surface area (Å²) in [5, 5.41) is 0.745. The monoisotopic (exact) mass is 288 g/mol. The topological polar surface area (TPSA) is 48.1 Å². The summed E-state index contributed by atoms with van der Waals surface area (Å²) in [6, 6.07) is 7.73. The number of fused-ring (bicyclic) bond motifs is 1. The van der Waals surface area contributed by atoms with E-state index in [9.17, 15) is 0 Å². The molecule has 2 heterocycles. The molecule has 0 radical (unpaired) electrons. The van der Waals surface area contributed by atoms with Gasteiger partial charge in [0.05, 0.1) is 18.3 Å². The number of aromatic nitrogens is 1. The third-order valence-electron chi connectivity index (χ3n) is 3.67. The Morgan fingerprint density at radius 2 is 2.30 bits per heavy atom. The quantitative estimate of drug-likeness (QED) is 0.943. The highest BCUT2D eigenvalue weighted by molar-refractivity contribution is 6.30. The van der Waals surface area contributed by atoms with Gasteiger partial charge in [0.15, 0.2) is 0 Å². The third-order valence-corrected chi connectivity index (χ3v) is 3.88. The molecule has 2 N–H and O–H groups in total. The van der Waals surface area contributed by atoms with Crippen molar-refractivity contribution in [3.8, 4) is 5.75 Å². The van der Waals surface area contributed by atoms with Crippen LogP contribution in [-0.2, 0) is 12.8 Å². The van der Waals surface area contributed by atoms with Gasteiger partial charge in [0.25, 0.3) is 0 Å². The summed E-state index contributed by atoms with van der Waals surface area (Å²) in [7, 11) is 0. The van der Waals surface area contributed by atoms with Crippen molar-refractivity contribution in [3.05, 3.63) is 57.9 Å². The SMILES string of the molecule is Cc1cccnc1C(N)Cc1cc(Cl)cc2c1OCC2. The molecule has 0 saturated heterocycles. The van der Waals surface area contributed by atoms with Gasteiger partial charge in [0.1, 0.15) is 5.75 Å². The molecule has 1 aliphatic heterocycles. The zero-order valence-corrected chi connectivity index (χ0v) is 12.2. The van der Waals surface area contributed by atoms with E-state index in [1.807, 2.05) is 31.2 Å². The number of ether oxygens (including phenoxy) is 1. The first kappa shape index (κ1) is 13.4. The Hall–Kier alpha value is -1.58. The van der Waals surface area contributed by atoms with Crippen LogP contribution in [0, 0.1) is 6.92 Å². The van der Waals surface area contributed by atoms with Gasteiger partial charge >= 0.3 is 0 Å². The fourth-order valence-corrected chi connectivity index (χ4v) is 2.98. The van der Waals surface area contributed by atoms with E-state index < -0.39 is 0 Å². The normalized spacial score (nSPS) is 14.8. The third kappa shape index (κ3) is 2.51. The predicted octanol–water partition coefficient (Wildman–Crippen LogP) is 3.22. The Kier molecular flexibility index (Phi) is 3.64. The van der Waals surface area contributed by atoms with Crippen LogP contribution >= 0.6 is 11.6 Å². The van der Waals surface area contributed by atoms with Crippen LogP contribution in [0.4, 0.5) is 0 Å². The van der Waals surface area contributed by atoms with Crippen LogP contribution in [0.5, 0.6) is 5.75 Å². The molecule has 1 unspecified atom stereocenters. The van der Waals surface area contributed by atoms with Crippen LogP contribution in [-0.4, -0.2) is 11.6 Å². The van der Waals surface area contributed by atoms with E-state index in [0.717, 1.165) is 40.6 Å². The van der Waals surface area contributed by atoms with Crippen molar-refractivity contribution in [2.75, 3.05) is 6.61 Å². The molecule has 1 aromatic heterocycles. The molecular formula is C16H17ClN2O. The zero-order chi connectivity index (χ0) is 14.1. The minimum Gasteiger partial charge on any atom is -0.493 e. The summed E-state index contributed by atoms with van der Waals surface area (Å²) in [6.07, 6.45) is 3.38. The Labute approximate surface area is 123 Å². The molecule has 0 amide bonds. The van der Waals surface area contributed by atoms with Crippen molar-refractivity contribution in [1.82, 2.24) is 4.98 Å². The highest BCUT2D eigenvalue weighted by atomic mass is 35.5. The molecule has 0 fully saturated rings. The van der Waals surface area contributed by atoms with Crippen LogP contribution in [0.15, 0.2) is 30.5 Å². The van der Waals surface area contributed by atoms with Gasteiger partial charge in [-0.3, -0.25) is 4.98 Å². The summed E-state index contributed by atoms with van der Waals surface area (Å²) in [5.74, 6) is 0.957. The van der Waals surface area contributed by atoms with Crippen molar-refractivity contribution in [2.24, 2.45) is 5.73 Å². The van der Waals surface area contributed by atoms with Crippen LogP contribution in [0.2, 0.25) is 5.02 Å². The molecule has 104 valence electrons. The largest absolute Gasteiger partial charge is 0.493 e. The molecule has 3 nitrogen and oxygen atoms in total. The minimum absolute atomic E-state index is 0.150. The van der Waals surface area contributed by atoms with Gasteiger partial charge in [-0.15, -0.1) is 0 Å². The Balaban J connectivity index is 1.90. The second-order valence-electron chi connectivity index (χ2n) is 5.17. The van der Waals surface area contributed by atoms with E-state index in [-0.39, 0.29) is 6.04 Å². The van der Waals surface area contributed by atoms with E-state index >= 15 is 0 Å². The zero-order valence-electron chi connectivity index (χ0n) is 11.4. The molecular weight excluding hydrogens is 272 g/mol. The predicted molar refractivity (Wildman–Crippen MR) is 80.3 cm³/mol. The number of hydrogen-bond donors (Lipinski definition) is 1. The molecule has 0 bridgehead atoms. The summed E-state index contributed by atoms with van der Waals surface area (Å²) in [5.41, 5.74) is 10.6. The lowest BCUT2D eigenvalue weighted by molar-refractivity contribution is 0.352. The molecule has 1 aromatic carbocycles. The van der Waals surface area contributed by atoms with E-state index in [4.69, 9.17) is 22.1 Å². The van der Waals surface area contributed by atoms with E-state index in [2.05, 4.69) is 4.98 Å². The first-order chi connectivity index (χ1) is 9.65. The van der Waals surface area contributed by atoms with Gasteiger partial charge in [0.2, 0.25) is 0 Å². The highest BCUT2D eigenvalue weighted by Crippen LogP contribution is 2.34. The molecule has 0 spiro atoms. The standard InChI is InChI=1S/C16H17ClN2O/c1-10-3-2-5-19-15(10)14(18)9-12-8-13(17)7-11-4-6-20-16(11)12/h2-3,5,7-8,14H,4,6,9,18H2,1H3. The van der Waals surface area contributed by atoms with Gasteiger partial charge in [-0.05, 0) is 48.2 Å². The van der Waals surface area contributed by atoms with Crippen molar-refractivity contribution in [3.63, 3.8) is 0 Å². The Morgan fingerprint density at radius 3 is 3.10 bits per heavy atom. The fourth-order valence-electron chi connectivity index (χ4n) is 2.72. The van der Waals surface area contributed by atoms with Gasteiger partial charge in [-0.1, -0.05) is 17.7 Å². The summed E-state index contributed by atoms with van der Waals surface area (Å²) < 4.78 is 5.72. The number of aryl methyl sites for hydroxylation is 1. The van der Waals surface area contributed by atoms with Crippen LogP contribution < -0.4 is 10.5 Å². The van der Waals surface area contributed by atoms with Crippen LogP contribution in [0.25, 0.3) is 0 Å². The first-order valence-electron chi connectivity index (χ1n) is 6.76. The van der Waals surface area contributed by atoms with E-state index in [1.165, 1.54) is 5.56 Å². The van der Waals surface area contributed by atoms with Crippen LogP contribution in [0.1, 0.15) is 28.4 Å². The molecule has 1 aliphatic rings.